The summed E-state index contributed by atoms with van der Waals surface area (Å²) in [5, 5.41) is 3.07. The molecule has 0 radical (unpaired) electrons. The molecular weight excluding hydrogens is 234 g/mol. The highest BCUT2D eigenvalue weighted by atomic mass is 15.1. The molecule has 0 fully saturated rings. The fourth-order valence-corrected chi connectivity index (χ4v) is 2.04. The number of nitrogens with zero attached hydrogens (tertiary/aromatic N) is 2. The highest BCUT2D eigenvalue weighted by Crippen LogP contribution is 2.10. The molecule has 0 unspecified atom stereocenters. The van der Waals surface area contributed by atoms with Crippen molar-refractivity contribution in [1.29, 1.82) is 0 Å². The number of rotatable bonds is 5. The van der Waals surface area contributed by atoms with E-state index in [4.69, 9.17) is 0 Å². The standard InChI is InChI=1S/C16H21N3/c1-13-7-9-14(10-8-13)11-19(3)12-15-5-4-6-16(17-2)18-15/h4-10H,11-12H2,1-3H3,(H,17,18). The van der Waals surface area contributed by atoms with Crippen LogP contribution in [0.1, 0.15) is 16.8 Å². The van der Waals surface area contributed by atoms with Crippen LogP contribution < -0.4 is 5.32 Å². The molecule has 0 aliphatic carbocycles. The number of hydrogen-bond acceptors (Lipinski definition) is 3. The first-order valence-corrected chi connectivity index (χ1v) is 6.55. The molecule has 0 bridgehead atoms. The fraction of sp³-hybridized carbons (Fsp3) is 0.312. The van der Waals surface area contributed by atoms with E-state index in [-0.39, 0.29) is 0 Å². The Kier molecular flexibility index (Phi) is 4.53. The summed E-state index contributed by atoms with van der Waals surface area (Å²) in [6.45, 7) is 3.90. The van der Waals surface area contributed by atoms with Crippen LogP contribution in [0.15, 0.2) is 42.5 Å². The number of anilines is 1. The summed E-state index contributed by atoms with van der Waals surface area (Å²) in [4.78, 5) is 6.80. The molecule has 1 aromatic carbocycles. The van der Waals surface area contributed by atoms with Gasteiger partial charge < -0.3 is 5.32 Å². The summed E-state index contributed by atoms with van der Waals surface area (Å²) in [5.74, 6) is 0.918. The maximum atomic E-state index is 4.53. The van der Waals surface area contributed by atoms with Gasteiger partial charge in [0.05, 0.1) is 5.69 Å². The molecule has 1 heterocycles. The first kappa shape index (κ1) is 13.6. The third-order valence-corrected chi connectivity index (χ3v) is 3.07. The predicted molar refractivity (Wildman–Crippen MR) is 80.1 cm³/mol. The van der Waals surface area contributed by atoms with Crippen molar-refractivity contribution in [2.75, 3.05) is 19.4 Å². The van der Waals surface area contributed by atoms with Crippen LogP contribution in [0.25, 0.3) is 0 Å². The first-order chi connectivity index (χ1) is 9.17. The molecule has 0 saturated heterocycles. The van der Waals surface area contributed by atoms with Gasteiger partial charge >= 0.3 is 0 Å². The average Bonchev–Trinajstić information content (AvgIpc) is 2.41. The van der Waals surface area contributed by atoms with E-state index in [9.17, 15) is 0 Å². The Morgan fingerprint density at radius 2 is 1.79 bits per heavy atom. The van der Waals surface area contributed by atoms with Gasteiger partial charge in [-0.1, -0.05) is 35.9 Å². The van der Waals surface area contributed by atoms with E-state index in [1.54, 1.807) is 0 Å². The van der Waals surface area contributed by atoms with E-state index >= 15 is 0 Å². The Morgan fingerprint density at radius 1 is 1.05 bits per heavy atom. The largest absolute Gasteiger partial charge is 0.373 e. The second-order valence-electron chi connectivity index (χ2n) is 4.92. The van der Waals surface area contributed by atoms with Crippen molar-refractivity contribution in [3.8, 4) is 0 Å². The minimum absolute atomic E-state index is 0.851. The zero-order valence-electron chi connectivity index (χ0n) is 11.9. The zero-order valence-corrected chi connectivity index (χ0v) is 11.9. The molecule has 1 N–H and O–H groups in total. The van der Waals surface area contributed by atoms with E-state index in [1.807, 2.05) is 19.2 Å². The smallest absolute Gasteiger partial charge is 0.126 e. The minimum Gasteiger partial charge on any atom is -0.373 e. The third-order valence-electron chi connectivity index (χ3n) is 3.07. The van der Waals surface area contributed by atoms with Crippen LogP contribution in [0.2, 0.25) is 0 Å². The second kappa shape index (κ2) is 6.34. The van der Waals surface area contributed by atoms with Gasteiger partial charge in [0.1, 0.15) is 5.82 Å². The summed E-state index contributed by atoms with van der Waals surface area (Å²) in [6.07, 6.45) is 0. The summed E-state index contributed by atoms with van der Waals surface area (Å²) in [5.41, 5.74) is 3.72. The summed E-state index contributed by atoms with van der Waals surface area (Å²) < 4.78 is 0. The van der Waals surface area contributed by atoms with Gasteiger partial charge in [0.15, 0.2) is 0 Å². The molecule has 3 heteroatoms. The maximum Gasteiger partial charge on any atom is 0.126 e. The Bertz CT molecular complexity index is 520. The summed E-state index contributed by atoms with van der Waals surface area (Å²) >= 11 is 0. The van der Waals surface area contributed by atoms with E-state index in [1.165, 1.54) is 11.1 Å². The number of nitrogens with one attached hydrogen (secondary N) is 1. The fourth-order valence-electron chi connectivity index (χ4n) is 2.04. The van der Waals surface area contributed by atoms with Crippen molar-refractivity contribution in [3.63, 3.8) is 0 Å². The van der Waals surface area contributed by atoms with Crippen LogP contribution in [0.4, 0.5) is 5.82 Å². The molecule has 1 aromatic heterocycles. The molecule has 0 aliphatic rings. The molecule has 0 amide bonds. The number of hydrogen-bond donors (Lipinski definition) is 1. The lowest BCUT2D eigenvalue weighted by Crippen LogP contribution is -2.18. The monoisotopic (exact) mass is 255 g/mol. The summed E-state index contributed by atoms with van der Waals surface area (Å²) in [7, 11) is 4.01. The number of aryl methyl sites for hydroxylation is 1. The molecule has 3 nitrogen and oxygen atoms in total. The maximum absolute atomic E-state index is 4.53. The van der Waals surface area contributed by atoms with Gasteiger partial charge in [-0.25, -0.2) is 4.98 Å². The van der Waals surface area contributed by atoms with Crippen molar-refractivity contribution in [2.24, 2.45) is 0 Å². The Morgan fingerprint density at radius 3 is 2.47 bits per heavy atom. The number of aromatic nitrogens is 1. The molecule has 0 saturated carbocycles. The van der Waals surface area contributed by atoms with Crippen LogP contribution in [0.5, 0.6) is 0 Å². The summed E-state index contributed by atoms with van der Waals surface area (Å²) in [6, 6.07) is 14.8. The average molecular weight is 255 g/mol. The predicted octanol–water partition coefficient (Wildman–Crippen LogP) is 3.06. The second-order valence-corrected chi connectivity index (χ2v) is 4.92. The first-order valence-electron chi connectivity index (χ1n) is 6.55. The van der Waals surface area contributed by atoms with Gasteiger partial charge in [0, 0.05) is 20.1 Å². The van der Waals surface area contributed by atoms with Crippen LogP contribution in [-0.4, -0.2) is 24.0 Å². The highest BCUT2D eigenvalue weighted by Gasteiger charge is 2.03. The van der Waals surface area contributed by atoms with E-state index in [2.05, 4.69) is 59.5 Å². The van der Waals surface area contributed by atoms with Gasteiger partial charge in [-0.15, -0.1) is 0 Å². The van der Waals surface area contributed by atoms with Crippen molar-refractivity contribution in [1.82, 2.24) is 9.88 Å². The topological polar surface area (TPSA) is 28.2 Å². The molecule has 2 aromatic rings. The molecule has 2 rings (SSSR count). The van der Waals surface area contributed by atoms with E-state index in [0.29, 0.717) is 0 Å². The molecule has 0 aliphatic heterocycles. The van der Waals surface area contributed by atoms with E-state index in [0.717, 1.165) is 24.6 Å². The number of pyridine rings is 1. The lowest BCUT2D eigenvalue weighted by molar-refractivity contribution is 0.315. The van der Waals surface area contributed by atoms with Crippen LogP contribution in [0, 0.1) is 6.92 Å². The Labute approximate surface area is 115 Å². The zero-order chi connectivity index (χ0) is 13.7. The SMILES string of the molecule is CNc1cccc(CN(C)Cc2ccc(C)cc2)n1. The van der Waals surface area contributed by atoms with Crippen molar-refractivity contribution >= 4 is 5.82 Å². The lowest BCUT2D eigenvalue weighted by atomic mass is 10.1. The lowest BCUT2D eigenvalue weighted by Gasteiger charge is -2.16. The molecular formula is C16H21N3. The molecule has 19 heavy (non-hydrogen) atoms. The van der Waals surface area contributed by atoms with Gasteiger partial charge in [0.25, 0.3) is 0 Å². The van der Waals surface area contributed by atoms with Crippen molar-refractivity contribution < 1.29 is 0 Å². The minimum atomic E-state index is 0.851. The van der Waals surface area contributed by atoms with Crippen molar-refractivity contribution in [2.45, 2.75) is 20.0 Å². The number of benzene rings is 1. The van der Waals surface area contributed by atoms with Crippen molar-refractivity contribution in [3.05, 3.63) is 59.3 Å². The Balaban J connectivity index is 1.96. The van der Waals surface area contributed by atoms with Gasteiger partial charge in [0.2, 0.25) is 0 Å². The van der Waals surface area contributed by atoms with E-state index < -0.39 is 0 Å². The molecule has 100 valence electrons. The van der Waals surface area contributed by atoms with Gasteiger partial charge in [-0.05, 0) is 31.7 Å². The van der Waals surface area contributed by atoms with Crippen LogP contribution in [0.3, 0.4) is 0 Å². The third kappa shape index (κ3) is 4.07. The molecule has 0 spiro atoms. The van der Waals surface area contributed by atoms with Crippen LogP contribution >= 0.6 is 0 Å². The van der Waals surface area contributed by atoms with Gasteiger partial charge in [-0.3, -0.25) is 4.90 Å². The van der Waals surface area contributed by atoms with Crippen LogP contribution in [-0.2, 0) is 13.1 Å². The van der Waals surface area contributed by atoms with Gasteiger partial charge in [-0.2, -0.15) is 0 Å². The Hall–Kier alpha value is -1.87. The normalized spacial score (nSPS) is 10.7. The quantitative estimate of drug-likeness (QED) is 0.890. The molecule has 0 atom stereocenters. The highest BCUT2D eigenvalue weighted by molar-refractivity contribution is 5.34.